The van der Waals surface area contributed by atoms with E-state index in [1.54, 1.807) is 12.1 Å². The van der Waals surface area contributed by atoms with Gasteiger partial charge in [0.2, 0.25) is 5.91 Å². The molecule has 76 valence electrons. The van der Waals surface area contributed by atoms with E-state index in [0.29, 0.717) is 5.56 Å². The van der Waals surface area contributed by atoms with Crippen LogP contribution in [0.2, 0.25) is 0 Å². The van der Waals surface area contributed by atoms with Gasteiger partial charge in [0.05, 0.1) is 6.54 Å². The number of hydrogen-bond acceptors (Lipinski definition) is 1. The fourth-order valence-corrected chi connectivity index (χ4v) is 0.979. The highest BCUT2D eigenvalue weighted by atomic mass is 19.1. The molecule has 0 spiro atoms. The molecule has 1 amide bonds. The molecule has 1 aromatic carbocycles. The van der Waals surface area contributed by atoms with E-state index in [1.165, 1.54) is 24.3 Å². The summed E-state index contributed by atoms with van der Waals surface area (Å²) >= 11 is 0. The van der Waals surface area contributed by atoms with Gasteiger partial charge in [-0.25, -0.2) is 4.39 Å². The first-order valence-electron chi connectivity index (χ1n) is 4.37. The predicted molar refractivity (Wildman–Crippen MR) is 57.3 cm³/mol. The van der Waals surface area contributed by atoms with Gasteiger partial charge in [-0.15, -0.1) is 6.42 Å². The SMILES string of the molecule is C#CCNC(=O)C=Cc1cccc(F)c1. The zero-order chi connectivity index (χ0) is 11.1. The molecule has 0 aliphatic heterocycles. The van der Waals surface area contributed by atoms with Gasteiger partial charge in [-0.3, -0.25) is 4.79 Å². The summed E-state index contributed by atoms with van der Waals surface area (Å²) in [6, 6.07) is 5.96. The van der Waals surface area contributed by atoms with Crippen molar-refractivity contribution in [1.29, 1.82) is 0 Å². The van der Waals surface area contributed by atoms with Crippen molar-refractivity contribution in [2.24, 2.45) is 0 Å². The Labute approximate surface area is 87.8 Å². The number of halogens is 1. The lowest BCUT2D eigenvalue weighted by molar-refractivity contribution is -0.116. The van der Waals surface area contributed by atoms with Gasteiger partial charge in [0, 0.05) is 6.08 Å². The van der Waals surface area contributed by atoms with Crippen LogP contribution < -0.4 is 5.32 Å². The molecular formula is C12H10FNO. The van der Waals surface area contributed by atoms with Gasteiger partial charge in [0.15, 0.2) is 0 Å². The third-order valence-electron chi connectivity index (χ3n) is 1.64. The van der Waals surface area contributed by atoms with Crippen LogP contribution in [0.25, 0.3) is 6.08 Å². The van der Waals surface area contributed by atoms with Crippen LogP contribution in [0.1, 0.15) is 5.56 Å². The first kappa shape index (κ1) is 11.0. The fraction of sp³-hybridized carbons (Fsp3) is 0.0833. The summed E-state index contributed by atoms with van der Waals surface area (Å²) in [5.74, 6) is 1.65. The molecule has 0 heterocycles. The van der Waals surface area contributed by atoms with Crippen LogP contribution in [0.15, 0.2) is 30.3 Å². The summed E-state index contributed by atoms with van der Waals surface area (Å²) in [7, 11) is 0. The van der Waals surface area contributed by atoms with Crippen LogP contribution in [0, 0.1) is 18.2 Å². The van der Waals surface area contributed by atoms with Gasteiger partial charge in [0.1, 0.15) is 5.82 Å². The molecule has 2 nitrogen and oxygen atoms in total. The molecule has 0 saturated heterocycles. The average Bonchev–Trinajstić information content (AvgIpc) is 2.23. The maximum atomic E-state index is 12.7. The number of hydrogen-bond donors (Lipinski definition) is 1. The third kappa shape index (κ3) is 4.10. The number of benzene rings is 1. The second-order valence-electron chi connectivity index (χ2n) is 2.81. The summed E-state index contributed by atoms with van der Waals surface area (Å²) in [6.45, 7) is 0.187. The van der Waals surface area contributed by atoms with Crippen molar-refractivity contribution in [3.63, 3.8) is 0 Å². The van der Waals surface area contributed by atoms with Crippen LogP contribution in [0.4, 0.5) is 4.39 Å². The van der Waals surface area contributed by atoms with Crippen molar-refractivity contribution in [3.8, 4) is 12.3 Å². The predicted octanol–water partition coefficient (Wildman–Crippen LogP) is 1.59. The lowest BCUT2D eigenvalue weighted by atomic mass is 10.2. The summed E-state index contributed by atoms with van der Waals surface area (Å²) in [5.41, 5.74) is 0.630. The molecule has 0 unspecified atom stereocenters. The highest BCUT2D eigenvalue weighted by Gasteiger charge is 1.93. The Morgan fingerprint density at radius 2 is 2.40 bits per heavy atom. The second kappa shape index (κ2) is 5.61. The minimum Gasteiger partial charge on any atom is -0.342 e. The molecule has 0 aliphatic rings. The molecule has 0 bridgehead atoms. The minimum atomic E-state index is -0.332. The monoisotopic (exact) mass is 203 g/mol. The second-order valence-corrected chi connectivity index (χ2v) is 2.81. The lowest BCUT2D eigenvalue weighted by Crippen LogP contribution is -2.20. The zero-order valence-corrected chi connectivity index (χ0v) is 8.03. The van der Waals surface area contributed by atoms with Crippen molar-refractivity contribution in [2.75, 3.05) is 6.54 Å². The van der Waals surface area contributed by atoms with Crippen molar-refractivity contribution in [2.45, 2.75) is 0 Å². The Morgan fingerprint density at radius 1 is 1.60 bits per heavy atom. The molecule has 0 aromatic heterocycles. The maximum absolute atomic E-state index is 12.7. The molecule has 1 rings (SSSR count). The molecule has 15 heavy (non-hydrogen) atoms. The van der Waals surface area contributed by atoms with Crippen LogP contribution in [-0.4, -0.2) is 12.5 Å². The number of nitrogens with one attached hydrogen (secondary N) is 1. The molecule has 0 atom stereocenters. The van der Waals surface area contributed by atoms with Crippen molar-refractivity contribution in [1.82, 2.24) is 5.32 Å². The van der Waals surface area contributed by atoms with Gasteiger partial charge >= 0.3 is 0 Å². The van der Waals surface area contributed by atoms with Gasteiger partial charge < -0.3 is 5.32 Å². The first-order valence-corrected chi connectivity index (χ1v) is 4.37. The van der Waals surface area contributed by atoms with Crippen molar-refractivity contribution >= 4 is 12.0 Å². The third-order valence-corrected chi connectivity index (χ3v) is 1.64. The van der Waals surface area contributed by atoms with E-state index in [4.69, 9.17) is 6.42 Å². The smallest absolute Gasteiger partial charge is 0.244 e. The quantitative estimate of drug-likeness (QED) is 0.586. The summed E-state index contributed by atoms with van der Waals surface area (Å²) < 4.78 is 12.7. The first-order chi connectivity index (χ1) is 7.22. The van der Waals surface area contributed by atoms with E-state index >= 15 is 0 Å². The molecule has 0 saturated carbocycles. The number of amides is 1. The Balaban J connectivity index is 2.58. The Hall–Kier alpha value is -2.08. The van der Waals surface area contributed by atoms with Crippen LogP contribution in [-0.2, 0) is 4.79 Å². The minimum absolute atomic E-state index is 0.187. The maximum Gasteiger partial charge on any atom is 0.244 e. The average molecular weight is 203 g/mol. The Morgan fingerprint density at radius 3 is 3.07 bits per heavy atom. The molecular weight excluding hydrogens is 193 g/mol. The summed E-state index contributed by atoms with van der Waals surface area (Å²) in [4.78, 5) is 11.1. The molecule has 0 fully saturated rings. The number of rotatable bonds is 3. The van der Waals surface area contributed by atoms with Gasteiger partial charge in [0.25, 0.3) is 0 Å². The van der Waals surface area contributed by atoms with Crippen molar-refractivity contribution in [3.05, 3.63) is 41.7 Å². The largest absolute Gasteiger partial charge is 0.342 e. The van der Waals surface area contributed by atoms with Crippen molar-refractivity contribution < 1.29 is 9.18 Å². The molecule has 0 radical (unpaired) electrons. The van der Waals surface area contributed by atoms with E-state index in [9.17, 15) is 9.18 Å². The number of carbonyl (C=O) groups is 1. The van der Waals surface area contributed by atoms with Crippen LogP contribution in [0.3, 0.4) is 0 Å². The van der Waals surface area contributed by atoms with Crippen LogP contribution in [0.5, 0.6) is 0 Å². The van der Waals surface area contributed by atoms with E-state index in [1.807, 2.05) is 0 Å². The standard InChI is InChI=1S/C12H10FNO/c1-2-8-14-12(15)7-6-10-4-3-5-11(13)9-10/h1,3-7,9H,8H2,(H,14,15). The fourth-order valence-electron chi connectivity index (χ4n) is 0.979. The van der Waals surface area contributed by atoms with Gasteiger partial charge in [-0.1, -0.05) is 18.1 Å². The number of terminal acetylenes is 1. The molecule has 1 N–H and O–H groups in total. The van der Waals surface area contributed by atoms with E-state index in [-0.39, 0.29) is 18.3 Å². The summed E-state index contributed by atoms with van der Waals surface area (Å²) in [6.07, 6.45) is 7.80. The molecule has 1 aromatic rings. The van der Waals surface area contributed by atoms with E-state index in [2.05, 4.69) is 11.2 Å². The summed E-state index contributed by atoms with van der Waals surface area (Å²) in [5, 5.41) is 2.46. The number of carbonyl (C=O) groups excluding carboxylic acids is 1. The van der Waals surface area contributed by atoms with Gasteiger partial charge in [-0.2, -0.15) is 0 Å². The van der Waals surface area contributed by atoms with E-state index in [0.717, 1.165) is 0 Å². The highest BCUT2D eigenvalue weighted by molar-refractivity contribution is 5.91. The Bertz CT molecular complexity index is 418. The normalized spacial score (nSPS) is 9.87. The van der Waals surface area contributed by atoms with Crippen LogP contribution >= 0.6 is 0 Å². The highest BCUT2D eigenvalue weighted by Crippen LogP contribution is 2.04. The van der Waals surface area contributed by atoms with E-state index < -0.39 is 0 Å². The lowest BCUT2D eigenvalue weighted by Gasteiger charge is -1.95. The molecule has 0 aliphatic carbocycles. The topological polar surface area (TPSA) is 29.1 Å². The van der Waals surface area contributed by atoms with Gasteiger partial charge in [-0.05, 0) is 23.8 Å². The zero-order valence-electron chi connectivity index (χ0n) is 8.03. The molecule has 3 heteroatoms. The Kier molecular flexibility index (Phi) is 4.11.